The summed E-state index contributed by atoms with van der Waals surface area (Å²) in [6.45, 7) is 1.76. The molecule has 0 spiro atoms. The zero-order valence-corrected chi connectivity index (χ0v) is 20.5. The minimum absolute atomic E-state index is 0.0727. The minimum Gasteiger partial charge on any atom is -0.495 e. The summed E-state index contributed by atoms with van der Waals surface area (Å²) < 4.78 is 11.0. The van der Waals surface area contributed by atoms with E-state index in [0.717, 1.165) is 0 Å². The number of carbonyl (C=O) groups is 2. The van der Waals surface area contributed by atoms with Crippen LogP contribution < -0.4 is 20.7 Å². The Morgan fingerprint density at radius 2 is 1.83 bits per heavy atom. The van der Waals surface area contributed by atoms with Gasteiger partial charge in [0.15, 0.2) is 0 Å². The molecule has 182 valence electrons. The number of carbonyl (C=O) groups excluding carboxylic acids is 2. The molecule has 1 atom stereocenters. The molecule has 0 aliphatic carbocycles. The maximum atomic E-state index is 13.5. The average molecular weight is 501 g/mol. The highest BCUT2D eigenvalue weighted by atomic mass is 32.2. The molecule has 2 heterocycles. The van der Waals surface area contributed by atoms with Gasteiger partial charge in [-0.05, 0) is 43.3 Å². The number of benzene rings is 2. The molecule has 2 aromatic carbocycles. The van der Waals surface area contributed by atoms with Crippen LogP contribution in [-0.2, 0) is 9.59 Å². The molecule has 0 bridgehead atoms. The predicted molar refractivity (Wildman–Crippen MR) is 139 cm³/mol. The molecule has 4 rings (SSSR count). The third-order valence-corrected chi connectivity index (χ3v) is 6.50. The second-order valence-corrected chi connectivity index (χ2v) is 8.81. The van der Waals surface area contributed by atoms with E-state index in [1.165, 1.54) is 25.1 Å². The molecule has 0 saturated carbocycles. The van der Waals surface area contributed by atoms with E-state index in [1.807, 2.05) is 18.2 Å². The van der Waals surface area contributed by atoms with E-state index in [2.05, 4.69) is 22.0 Å². The van der Waals surface area contributed by atoms with Gasteiger partial charge in [0.2, 0.25) is 5.91 Å². The van der Waals surface area contributed by atoms with E-state index in [1.54, 1.807) is 55.5 Å². The summed E-state index contributed by atoms with van der Waals surface area (Å²) in [6, 6.07) is 21.9. The Kier molecular flexibility index (Phi) is 7.78. The number of thioether (sulfide) groups is 1. The number of hydrogen-bond acceptors (Lipinski definition) is 7. The quantitative estimate of drug-likeness (QED) is 0.399. The molecule has 2 amide bonds. The van der Waals surface area contributed by atoms with Crippen LogP contribution in [-0.4, -0.2) is 24.7 Å². The number of hydrogen-bond donors (Lipinski definition) is 3. The normalized spacial score (nSPS) is 15.1. The van der Waals surface area contributed by atoms with Crippen LogP contribution in [0.5, 0.6) is 5.75 Å². The Morgan fingerprint density at radius 3 is 2.53 bits per heavy atom. The van der Waals surface area contributed by atoms with Crippen molar-refractivity contribution in [2.45, 2.75) is 12.8 Å². The lowest BCUT2D eigenvalue weighted by Gasteiger charge is -2.28. The number of nitriles is 1. The molecule has 1 aromatic heterocycles. The third kappa shape index (κ3) is 5.45. The van der Waals surface area contributed by atoms with Gasteiger partial charge in [-0.2, -0.15) is 5.26 Å². The Morgan fingerprint density at radius 1 is 1.08 bits per heavy atom. The van der Waals surface area contributed by atoms with Crippen LogP contribution in [0, 0.1) is 11.3 Å². The molecule has 3 aromatic rings. The van der Waals surface area contributed by atoms with E-state index in [0.29, 0.717) is 44.8 Å². The fraction of sp³-hybridized carbons (Fsp3) is 0.148. The number of furan rings is 1. The van der Waals surface area contributed by atoms with Crippen molar-refractivity contribution in [3.8, 4) is 11.8 Å². The van der Waals surface area contributed by atoms with Crippen LogP contribution in [0.15, 0.2) is 99.3 Å². The van der Waals surface area contributed by atoms with Crippen molar-refractivity contribution in [3.05, 3.63) is 101 Å². The molecule has 0 saturated heterocycles. The van der Waals surface area contributed by atoms with Gasteiger partial charge in [-0.25, -0.2) is 0 Å². The summed E-state index contributed by atoms with van der Waals surface area (Å²) >= 11 is 1.19. The minimum atomic E-state index is -0.749. The zero-order valence-electron chi connectivity index (χ0n) is 19.7. The average Bonchev–Trinajstić information content (AvgIpc) is 3.42. The van der Waals surface area contributed by atoms with Crippen molar-refractivity contribution in [2.24, 2.45) is 0 Å². The van der Waals surface area contributed by atoms with Crippen LogP contribution >= 0.6 is 11.8 Å². The van der Waals surface area contributed by atoms with Gasteiger partial charge in [0, 0.05) is 11.4 Å². The van der Waals surface area contributed by atoms with Gasteiger partial charge >= 0.3 is 0 Å². The summed E-state index contributed by atoms with van der Waals surface area (Å²) in [5.41, 5.74) is 2.37. The van der Waals surface area contributed by atoms with Crippen molar-refractivity contribution >= 4 is 35.0 Å². The van der Waals surface area contributed by atoms with Crippen LogP contribution in [0.25, 0.3) is 0 Å². The number of ether oxygens (including phenoxy) is 1. The molecule has 9 heteroatoms. The molecular weight excluding hydrogens is 476 g/mol. The van der Waals surface area contributed by atoms with Gasteiger partial charge in [-0.15, -0.1) is 0 Å². The van der Waals surface area contributed by atoms with Crippen molar-refractivity contribution < 1.29 is 18.7 Å². The van der Waals surface area contributed by atoms with E-state index in [4.69, 9.17) is 9.15 Å². The fourth-order valence-electron chi connectivity index (χ4n) is 3.86. The molecule has 8 nitrogen and oxygen atoms in total. The Balaban J connectivity index is 1.60. The van der Waals surface area contributed by atoms with Gasteiger partial charge in [-0.3, -0.25) is 9.59 Å². The van der Waals surface area contributed by atoms with Gasteiger partial charge in [0.05, 0.1) is 53.0 Å². The van der Waals surface area contributed by atoms with Crippen molar-refractivity contribution in [1.29, 1.82) is 5.26 Å². The van der Waals surface area contributed by atoms with E-state index < -0.39 is 11.8 Å². The number of methoxy groups -OCH3 is 1. The summed E-state index contributed by atoms with van der Waals surface area (Å²) in [5, 5.41) is 19.5. The highest BCUT2D eigenvalue weighted by Gasteiger charge is 2.36. The second-order valence-electron chi connectivity index (χ2n) is 7.82. The van der Waals surface area contributed by atoms with Gasteiger partial charge in [0.1, 0.15) is 11.5 Å². The van der Waals surface area contributed by atoms with Crippen LogP contribution in [0.4, 0.5) is 11.4 Å². The van der Waals surface area contributed by atoms with Crippen LogP contribution in [0.2, 0.25) is 0 Å². The lowest BCUT2D eigenvalue weighted by Crippen LogP contribution is -2.31. The molecule has 1 aliphatic heterocycles. The number of anilines is 2. The molecular formula is C27H24N4O4S. The van der Waals surface area contributed by atoms with E-state index in [-0.39, 0.29) is 11.7 Å². The van der Waals surface area contributed by atoms with E-state index >= 15 is 0 Å². The van der Waals surface area contributed by atoms with E-state index in [9.17, 15) is 14.9 Å². The molecule has 36 heavy (non-hydrogen) atoms. The van der Waals surface area contributed by atoms with Crippen molar-refractivity contribution in [3.63, 3.8) is 0 Å². The first-order chi connectivity index (χ1) is 17.5. The topological polar surface area (TPSA) is 116 Å². The standard InChI is InChI=1S/C27H24N4O4S/c1-17-24(26(33)31-20-11-6-7-12-21(20)34-2)25(22-13-8-14-35-22)19(15-28)27(29-17)36-16-23(32)30-18-9-4-3-5-10-18/h3-14,25,29H,16H2,1-2H3,(H,30,32)(H,31,33)/t25-/m1/s1. The summed E-state index contributed by atoms with van der Waals surface area (Å²) in [4.78, 5) is 26.0. The number of para-hydroxylation sites is 3. The Labute approximate surface area is 213 Å². The Hall–Kier alpha value is -4.42. The molecule has 0 unspecified atom stereocenters. The number of allylic oxidation sites excluding steroid dienone is 2. The number of nitrogens with one attached hydrogen (secondary N) is 3. The SMILES string of the molecule is COc1ccccc1NC(=O)C1=C(C)NC(SCC(=O)Nc2ccccc2)=C(C#N)[C@@H]1c1ccco1. The second kappa shape index (κ2) is 11.3. The number of rotatable bonds is 8. The summed E-state index contributed by atoms with van der Waals surface area (Å²) in [6.07, 6.45) is 1.50. The molecule has 1 aliphatic rings. The largest absolute Gasteiger partial charge is 0.495 e. The first-order valence-corrected chi connectivity index (χ1v) is 12.1. The van der Waals surface area contributed by atoms with Gasteiger partial charge in [0.25, 0.3) is 5.91 Å². The summed E-state index contributed by atoms with van der Waals surface area (Å²) in [7, 11) is 1.53. The molecule has 0 fully saturated rings. The smallest absolute Gasteiger partial charge is 0.254 e. The van der Waals surface area contributed by atoms with Crippen LogP contribution in [0.1, 0.15) is 18.6 Å². The zero-order chi connectivity index (χ0) is 25.5. The monoisotopic (exact) mass is 500 g/mol. The maximum absolute atomic E-state index is 13.5. The highest BCUT2D eigenvalue weighted by Crippen LogP contribution is 2.41. The third-order valence-electron chi connectivity index (χ3n) is 5.48. The number of amides is 2. The number of dihydropyridines is 1. The van der Waals surface area contributed by atoms with Crippen LogP contribution in [0.3, 0.4) is 0 Å². The molecule has 3 N–H and O–H groups in total. The lowest BCUT2D eigenvalue weighted by molar-refractivity contribution is -0.114. The fourth-order valence-corrected chi connectivity index (χ4v) is 4.75. The Bertz CT molecular complexity index is 1360. The number of nitrogens with zero attached hydrogens (tertiary/aromatic N) is 1. The van der Waals surface area contributed by atoms with Gasteiger partial charge in [-0.1, -0.05) is 42.1 Å². The van der Waals surface area contributed by atoms with Crippen molar-refractivity contribution in [2.75, 3.05) is 23.5 Å². The van der Waals surface area contributed by atoms with Crippen molar-refractivity contribution in [1.82, 2.24) is 5.32 Å². The molecule has 0 radical (unpaired) electrons. The highest BCUT2D eigenvalue weighted by molar-refractivity contribution is 8.03. The maximum Gasteiger partial charge on any atom is 0.254 e. The lowest BCUT2D eigenvalue weighted by atomic mass is 9.85. The predicted octanol–water partition coefficient (Wildman–Crippen LogP) is 4.99. The van der Waals surface area contributed by atoms with Gasteiger partial charge < -0.3 is 25.1 Å². The first-order valence-electron chi connectivity index (χ1n) is 11.1. The first kappa shape index (κ1) is 24.7. The summed E-state index contributed by atoms with van der Waals surface area (Å²) in [5.74, 6) is -0.328.